The second-order valence-corrected chi connectivity index (χ2v) is 8.30. The van der Waals surface area contributed by atoms with Gasteiger partial charge in [0, 0.05) is 34.3 Å². The van der Waals surface area contributed by atoms with E-state index in [9.17, 15) is 4.79 Å². The molecule has 0 radical (unpaired) electrons. The lowest BCUT2D eigenvalue weighted by molar-refractivity contribution is 0.0303. The van der Waals surface area contributed by atoms with E-state index in [1.165, 1.54) is 0 Å². The number of nitrogens with zero attached hydrogens (tertiary/aromatic N) is 1. The van der Waals surface area contributed by atoms with Crippen LogP contribution in [0.25, 0.3) is 0 Å². The lowest BCUT2D eigenvalue weighted by atomic mass is 10.0. The second kappa shape index (κ2) is 9.73. The van der Waals surface area contributed by atoms with Crippen LogP contribution < -0.4 is 4.74 Å². The van der Waals surface area contributed by atoms with Crippen molar-refractivity contribution in [2.24, 2.45) is 0 Å². The van der Waals surface area contributed by atoms with Crippen molar-refractivity contribution in [1.29, 1.82) is 0 Å². The molecule has 160 valence electrons. The maximum absolute atomic E-state index is 12.8. The van der Waals surface area contributed by atoms with Crippen LogP contribution in [-0.2, 0) is 4.74 Å². The summed E-state index contributed by atoms with van der Waals surface area (Å²) in [5, 5.41) is 1.28. The van der Waals surface area contributed by atoms with Gasteiger partial charge in [-0.3, -0.25) is 4.79 Å². The molecule has 4 rings (SSSR count). The minimum Gasteiger partial charge on any atom is -0.481 e. The second-order valence-electron chi connectivity index (χ2n) is 7.46. The highest BCUT2D eigenvalue weighted by Gasteiger charge is 2.22. The molecule has 0 bridgehead atoms. The summed E-state index contributed by atoms with van der Waals surface area (Å²) in [6, 6.07) is 20.7. The Morgan fingerprint density at radius 3 is 2.39 bits per heavy atom. The first kappa shape index (κ1) is 21.7. The molecular formula is C25H23Cl2NO3. The summed E-state index contributed by atoms with van der Waals surface area (Å²) in [6.45, 7) is 4.32. The van der Waals surface area contributed by atoms with Crippen molar-refractivity contribution < 1.29 is 14.3 Å². The lowest BCUT2D eigenvalue weighted by Gasteiger charge is -2.27. The number of amides is 1. The Labute approximate surface area is 192 Å². The number of carbonyl (C=O) groups excluding carboxylic acids is 1. The number of rotatable bonds is 5. The first-order chi connectivity index (χ1) is 15.0. The number of aryl methyl sites for hydroxylation is 1. The average Bonchev–Trinajstić information content (AvgIpc) is 2.80. The quantitative estimate of drug-likeness (QED) is 0.477. The molecule has 0 spiro atoms. The fourth-order valence-corrected chi connectivity index (χ4v) is 3.99. The number of benzene rings is 3. The molecule has 1 heterocycles. The Kier molecular flexibility index (Phi) is 6.81. The number of hydrogen-bond donors (Lipinski definition) is 0. The van der Waals surface area contributed by atoms with Gasteiger partial charge in [0.2, 0.25) is 0 Å². The summed E-state index contributed by atoms with van der Waals surface area (Å²) in [7, 11) is 0. The van der Waals surface area contributed by atoms with E-state index in [0.717, 1.165) is 16.7 Å². The predicted octanol–water partition coefficient (Wildman–Crippen LogP) is 5.94. The third kappa shape index (κ3) is 5.04. The average molecular weight is 456 g/mol. The van der Waals surface area contributed by atoms with E-state index in [1.54, 1.807) is 0 Å². The number of morpholine rings is 1. The summed E-state index contributed by atoms with van der Waals surface area (Å²) in [5.74, 6) is 0.705. The van der Waals surface area contributed by atoms with Crippen molar-refractivity contribution in [3.8, 4) is 5.75 Å². The maximum Gasteiger partial charge on any atom is 0.254 e. The Morgan fingerprint density at radius 2 is 1.71 bits per heavy atom. The molecular weight excluding hydrogens is 433 g/mol. The SMILES string of the molecule is Cc1cc(C(=O)N2CCOCC2)ccc1OC(c1ccc(Cl)cc1)c1ccccc1Cl. The number of carbonyl (C=O) groups is 1. The van der Waals surface area contributed by atoms with Gasteiger partial charge in [-0.2, -0.15) is 0 Å². The lowest BCUT2D eigenvalue weighted by Crippen LogP contribution is -2.40. The van der Waals surface area contributed by atoms with Gasteiger partial charge in [-0.1, -0.05) is 53.5 Å². The minimum absolute atomic E-state index is 0.0123. The van der Waals surface area contributed by atoms with Crippen LogP contribution >= 0.6 is 23.2 Å². The molecule has 1 fully saturated rings. The highest BCUT2D eigenvalue weighted by atomic mass is 35.5. The first-order valence-corrected chi connectivity index (χ1v) is 10.9. The van der Waals surface area contributed by atoms with E-state index in [2.05, 4.69) is 0 Å². The Balaban J connectivity index is 1.63. The topological polar surface area (TPSA) is 38.8 Å². The first-order valence-electron chi connectivity index (χ1n) is 10.2. The third-order valence-electron chi connectivity index (χ3n) is 5.33. The van der Waals surface area contributed by atoms with E-state index in [0.29, 0.717) is 47.7 Å². The van der Waals surface area contributed by atoms with Crippen molar-refractivity contribution in [3.63, 3.8) is 0 Å². The van der Waals surface area contributed by atoms with Crippen molar-refractivity contribution in [2.45, 2.75) is 13.0 Å². The molecule has 0 N–H and O–H groups in total. The van der Waals surface area contributed by atoms with Crippen LogP contribution in [0.2, 0.25) is 10.0 Å². The monoisotopic (exact) mass is 455 g/mol. The molecule has 1 aliphatic rings. The summed E-state index contributed by atoms with van der Waals surface area (Å²) >= 11 is 12.6. The molecule has 31 heavy (non-hydrogen) atoms. The molecule has 6 heteroatoms. The van der Waals surface area contributed by atoms with Gasteiger partial charge in [0.25, 0.3) is 5.91 Å². The molecule has 3 aromatic rings. The summed E-state index contributed by atoms with van der Waals surface area (Å²) in [6.07, 6.45) is -0.412. The largest absolute Gasteiger partial charge is 0.481 e. The molecule has 0 aliphatic carbocycles. The van der Waals surface area contributed by atoms with E-state index >= 15 is 0 Å². The van der Waals surface area contributed by atoms with Crippen molar-refractivity contribution in [2.75, 3.05) is 26.3 Å². The number of ether oxygens (including phenoxy) is 2. The van der Waals surface area contributed by atoms with Gasteiger partial charge in [-0.15, -0.1) is 0 Å². The zero-order valence-electron chi connectivity index (χ0n) is 17.2. The van der Waals surface area contributed by atoms with Crippen molar-refractivity contribution >= 4 is 29.1 Å². The van der Waals surface area contributed by atoms with E-state index in [4.69, 9.17) is 32.7 Å². The normalized spacial score (nSPS) is 14.9. The van der Waals surface area contributed by atoms with Crippen LogP contribution in [0.4, 0.5) is 0 Å². The molecule has 0 saturated carbocycles. The molecule has 1 atom stereocenters. The zero-order valence-corrected chi connectivity index (χ0v) is 18.7. The summed E-state index contributed by atoms with van der Waals surface area (Å²) in [5.41, 5.74) is 3.32. The maximum atomic E-state index is 12.8. The van der Waals surface area contributed by atoms with Gasteiger partial charge in [0.05, 0.1) is 13.2 Å². The highest BCUT2D eigenvalue weighted by molar-refractivity contribution is 6.31. The third-order valence-corrected chi connectivity index (χ3v) is 5.92. The molecule has 1 saturated heterocycles. The number of halogens is 2. The van der Waals surface area contributed by atoms with Crippen LogP contribution in [0.3, 0.4) is 0 Å². The van der Waals surface area contributed by atoms with Crippen molar-refractivity contribution in [3.05, 3.63) is 99.0 Å². The van der Waals surface area contributed by atoms with Crippen LogP contribution in [0.5, 0.6) is 5.75 Å². The van der Waals surface area contributed by atoms with E-state index in [1.807, 2.05) is 78.6 Å². The summed E-state index contributed by atoms with van der Waals surface area (Å²) in [4.78, 5) is 14.6. The predicted molar refractivity (Wildman–Crippen MR) is 123 cm³/mol. The van der Waals surface area contributed by atoms with Crippen LogP contribution in [0, 0.1) is 6.92 Å². The van der Waals surface area contributed by atoms with Crippen LogP contribution in [0.15, 0.2) is 66.7 Å². The van der Waals surface area contributed by atoms with Gasteiger partial charge in [-0.25, -0.2) is 0 Å². The van der Waals surface area contributed by atoms with Crippen LogP contribution in [-0.4, -0.2) is 37.1 Å². The van der Waals surface area contributed by atoms with Crippen molar-refractivity contribution in [1.82, 2.24) is 4.90 Å². The Morgan fingerprint density at radius 1 is 1.00 bits per heavy atom. The molecule has 3 aromatic carbocycles. The molecule has 4 nitrogen and oxygen atoms in total. The van der Waals surface area contributed by atoms with E-state index in [-0.39, 0.29) is 5.91 Å². The highest BCUT2D eigenvalue weighted by Crippen LogP contribution is 2.34. The van der Waals surface area contributed by atoms with Gasteiger partial charge in [-0.05, 0) is 54.4 Å². The smallest absolute Gasteiger partial charge is 0.254 e. The van der Waals surface area contributed by atoms with E-state index < -0.39 is 6.10 Å². The van der Waals surface area contributed by atoms with Crippen LogP contribution in [0.1, 0.15) is 33.2 Å². The van der Waals surface area contributed by atoms with Gasteiger partial charge >= 0.3 is 0 Å². The standard InChI is InChI=1S/C25H23Cl2NO3/c1-17-16-19(25(29)28-12-14-30-15-13-28)8-11-23(17)31-24(18-6-9-20(26)10-7-18)21-4-2-3-5-22(21)27/h2-11,16,24H,12-15H2,1H3. The van der Waals surface area contributed by atoms with Gasteiger partial charge in [0.15, 0.2) is 6.10 Å². The van der Waals surface area contributed by atoms with Gasteiger partial charge < -0.3 is 14.4 Å². The zero-order chi connectivity index (χ0) is 21.8. The minimum atomic E-state index is -0.412. The van der Waals surface area contributed by atoms with Gasteiger partial charge in [0.1, 0.15) is 5.75 Å². The Bertz CT molecular complexity index is 1060. The Hall–Kier alpha value is -2.53. The molecule has 0 aromatic heterocycles. The molecule has 1 unspecified atom stereocenters. The summed E-state index contributed by atoms with van der Waals surface area (Å²) < 4.78 is 11.8. The molecule has 1 aliphatic heterocycles. The fourth-order valence-electron chi connectivity index (χ4n) is 3.63. The fraction of sp³-hybridized carbons (Fsp3) is 0.240. The molecule has 1 amide bonds. The number of hydrogen-bond acceptors (Lipinski definition) is 3.